The van der Waals surface area contributed by atoms with Gasteiger partial charge < -0.3 is 22.0 Å². The van der Waals surface area contributed by atoms with Crippen molar-refractivity contribution in [1.82, 2.24) is 0 Å². The highest BCUT2D eigenvalue weighted by molar-refractivity contribution is 4.67. The summed E-state index contributed by atoms with van der Waals surface area (Å²) >= 11 is 0. The average molecular weight is 320 g/mol. The van der Waals surface area contributed by atoms with Crippen LogP contribution in [0.5, 0.6) is 0 Å². The van der Waals surface area contributed by atoms with Gasteiger partial charge >= 0.3 is 0 Å². The van der Waals surface area contributed by atoms with Crippen LogP contribution in [0.4, 0.5) is 0 Å². The van der Waals surface area contributed by atoms with Crippen LogP contribution >= 0.6 is 0 Å². The number of hydrogen-bond donors (Lipinski definition) is 1. The summed E-state index contributed by atoms with van der Waals surface area (Å²) in [6.07, 6.45) is 16.7. The molecule has 0 radical (unpaired) electrons. The third-order valence-electron chi connectivity index (χ3n) is 5.34. The molecule has 0 aromatic rings. The smallest absolute Gasteiger partial charge is 0.102 e. The molecular weight excluding hydrogens is 282 g/mol. The summed E-state index contributed by atoms with van der Waals surface area (Å²) < 4.78 is 1.13. The van der Waals surface area contributed by atoms with E-state index in [1.807, 2.05) is 0 Å². The van der Waals surface area contributed by atoms with Crippen molar-refractivity contribution in [1.29, 1.82) is 0 Å². The maximum atomic E-state index is 9.42. The quantitative estimate of drug-likeness (QED) is 0.452. The van der Waals surface area contributed by atoms with E-state index in [0.717, 1.165) is 17.1 Å². The summed E-state index contributed by atoms with van der Waals surface area (Å²) in [5.74, 6) is 0. The zero-order valence-corrected chi connectivity index (χ0v) is 15.2. The van der Waals surface area contributed by atoms with Crippen LogP contribution in [0.25, 0.3) is 0 Å². The monoisotopic (exact) mass is 319 g/mol. The third-order valence-corrected chi connectivity index (χ3v) is 5.34. The highest BCUT2D eigenvalue weighted by Crippen LogP contribution is 2.27. The molecule has 0 bridgehead atoms. The number of hydrogen-bond acceptors (Lipinski definition) is 1. The molecule has 1 saturated carbocycles. The van der Waals surface area contributed by atoms with E-state index in [4.69, 9.17) is 0 Å². The minimum Gasteiger partial charge on any atom is -1.00 e. The third kappa shape index (κ3) is 8.42. The van der Waals surface area contributed by atoms with E-state index >= 15 is 0 Å². The molecule has 0 heterocycles. The van der Waals surface area contributed by atoms with E-state index in [0.29, 0.717) is 6.61 Å². The van der Waals surface area contributed by atoms with Crippen molar-refractivity contribution in [3.8, 4) is 0 Å². The largest absolute Gasteiger partial charge is 1.00 e. The van der Waals surface area contributed by atoms with Gasteiger partial charge in [-0.1, -0.05) is 45.4 Å². The van der Waals surface area contributed by atoms with Crippen LogP contribution in [-0.2, 0) is 0 Å². The van der Waals surface area contributed by atoms with Gasteiger partial charge in [-0.25, -0.2) is 0 Å². The van der Waals surface area contributed by atoms with E-state index in [1.165, 1.54) is 83.6 Å². The minimum absolute atomic E-state index is 0. The number of aliphatic hydroxyl groups is 1. The lowest BCUT2D eigenvalue weighted by Gasteiger charge is -2.43. The minimum atomic E-state index is 0. The number of likely N-dealkylation sites (N-methyl/N-ethyl adjacent to an activating group) is 1. The second kappa shape index (κ2) is 12.7. The van der Waals surface area contributed by atoms with Gasteiger partial charge in [-0.3, -0.25) is 0 Å². The van der Waals surface area contributed by atoms with Gasteiger partial charge in [0.2, 0.25) is 0 Å². The van der Waals surface area contributed by atoms with Gasteiger partial charge in [-0.15, -0.1) is 0 Å². The maximum absolute atomic E-state index is 9.42. The second-order valence-electron chi connectivity index (χ2n) is 7.06. The predicted molar refractivity (Wildman–Crippen MR) is 87.9 cm³/mol. The number of rotatable bonds is 11. The number of quaternary nitrogens is 1. The summed E-state index contributed by atoms with van der Waals surface area (Å²) in [6.45, 7) is 4.87. The molecule has 3 heteroatoms. The van der Waals surface area contributed by atoms with Gasteiger partial charge in [0.1, 0.15) is 6.54 Å². The Morgan fingerprint density at radius 1 is 0.857 bits per heavy atom. The number of halogens is 1. The van der Waals surface area contributed by atoms with Crippen LogP contribution in [-0.4, -0.2) is 42.4 Å². The fraction of sp³-hybridized carbons (Fsp3) is 1.00. The molecule has 21 heavy (non-hydrogen) atoms. The SMILES string of the molecule is CCCCCCCCC[N+](C)(CCO)C1CCCCC1.[Cl-]. The Morgan fingerprint density at radius 3 is 2.00 bits per heavy atom. The van der Waals surface area contributed by atoms with Crippen molar-refractivity contribution >= 4 is 0 Å². The molecule has 1 atom stereocenters. The molecule has 1 fully saturated rings. The Kier molecular flexibility index (Phi) is 12.9. The summed E-state index contributed by atoms with van der Waals surface area (Å²) in [4.78, 5) is 0. The fourth-order valence-corrected chi connectivity index (χ4v) is 3.84. The molecule has 2 nitrogen and oxygen atoms in total. The van der Waals surface area contributed by atoms with Crippen molar-refractivity contribution in [2.75, 3.05) is 26.7 Å². The Labute approximate surface area is 139 Å². The van der Waals surface area contributed by atoms with Crippen LogP contribution in [0.3, 0.4) is 0 Å². The first kappa shape index (κ1) is 21.2. The Balaban J connectivity index is 0.00000400. The lowest BCUT2D eigenvalue weighted by Crippen LogP contribution is -3.00. The molecule has 1 aliphatic rings. The van der Waals surface area contributed by atoms with Gasteiger partial charge in [0.05, 0.1) is 26.2 Å². The van der Waals surface area contributed by atoms with Gasteiger partial charge in [-0.2, -0.15) is 0 Å². The summed E-state index contributed by atoms with van der Waals surface area (Å²) in [5, 5.41) is 9.42. The van der Waals surface area contributed by atoms with E-state index in [-0.39, 0.29) is 12.4 Å². The van der Waals surface area contributed by atoms with Crippen molar-refractivity contribution in [2.45, 2.75) is 90.0 Å². The van der Waals surface area contributed by atoms with Crippen molar-refractivity contribution < 1.29 is 22.0 Å². The molecule has 0 spiro atoms. The molecule has 0 aromatic carbocycles. The van der Waals surface area contributed by atoms with Gasteiger partial charge in [0.25, 0.3) is 0 Å². The standard InChI is InChI=1S/C18H38NO.ClH/c1-3-4-5-6-7-8-12-15-19(2,16-17-20)18-13-10-9-11-14-18;/h18,20H,3-17H2,1-2H3;1H/q+1;/p-1. The van der Waals surface area contributed by atoms with Gasteiger partial charge in [0, 0.05) is 0 Å². The Hall–Kier alpha value is 0.210. The van der Waals surface area contributed by atoms with E-state index < -0.39 is 0 Å². The number of nitrogens with zero attached hydrogens (tertiary/aromatic N) is 1. The molecule has 0 aromatic heterocycles. The second-order valence-corrected chi connectivity index (χ2v) is 7.06. The molecule has 0 aliphatic heterocycles. The highest BCUT2D eigenvalue weighted by atomic mass is 35.5. The number of aliphatic hydroxyl groups excluding tert-OH is 1. The van der Waals surface area contributed by atoms with Crippen LogP contribution in [0.1, 0.15) is 84.0 Å². The highest BCUT2D eigenvalue weighted by Gasteiger charge is 2.32. The molecule has 0 amide bonds. The van der Waals surface area contributed by atoms with Crippen LogP contribution < -0.4 is 12.4 Å². The Morgan fingerprint density at radius 2 is 1.43 bits per heavy atom. The first-order valence-electron chi connectivity index (χ1n) is 9.18. The van der Waals surface area contributed by atoms with Gasteiger partial charge in [-0.05, 0) is 38.5 Å². The molecule has 1 rings (SSSR count). The van der Waals surface area contributed by atoms with Crippen molar-refractivity contribution in [2.24, 2.45) is 0 Å². The zero-order chi connectivity index (χ0) is 14.7. The molecule has 128 valence electrons. The van der Waals surface area contributed by atoms with Crippen LogP contribution in [0.15, 0.2) is 0 Å². The maximum Gasteiger partial charge on any atom is 0.102 e. The van der Waals surface area contributed by atoms with Crippen LogP contribution in [0.2, 0.25) is 0 Å². The van der Waals surface area contributed by atoms with E-state index in [1.54, 1.807) is 0 Å². The normalized spacial score (nSPS) is 19.0. The lowest BCUT2D eigenvalue weighted by molar-refractivity contribution is -0.935. The predicted octanol–water partition coefficient (Wildman–Crippen LogP) is 1.51. The molecule has 1 unspecified atom stereocenters. The van der Waals surface area contributed by atoms with Crippen molar-refractivity contribution in [3.05, 3.63) is 0 Å². The van der Waals surface area contributed by atoms with Gasteiger partial charge in [0.15, 0.2) is 0 Å². The molecular formula is C18H38ClNO. The fourth-order valence-electron chi connectivity index (χ4n) is 3.84. The molecule has 0 saturated heterocycles. The van der Waals surface area contributed by atoms with Crippen molar-refractivity contribution in [3.63, 3.8) is 0 Å². The van der Waals surface area contributed by atoms with E-state index in [9.17, 15) is 5.11 Å². The summed E-state index contributed by atoms with van der Waals surface area (Å²) in [5.41, 5.74) is 0. The topological polar surface area (TPSA) is 20.2 Å². The first-order chi connectivity index (χ1) is 9.73. The summed E-state index contributed by atoms with van der Waals surface area (Å²) in [6, 6.07) is 0.816. The summed E-state index contributed by atoms with van der Waals surface area (Å²) in [7, 11) is 2.39. The van der Waals surface area contributed by atoms with Crippen LogP contribution in [0, 0.1) is 0 Å². The first-order valence-corrected chi connectivity index (χ1v) is 9.18. The number of unbranched alkanes of at least 4 members (excludes halogenated alkanes) is 6. The molecule has 1 N–H and O–H groups in total. The molecule has 1 aliphatic carbocycles. The van der Waals surface area contributed by atoms with E-state index in [2.05, 4.69) is 14.0 Å². The average Bonchev–Trinajstić information content (AvgIpc) is 2.47. The zero-order valence-electron chi connectivity index (χ0n) is 14.5. The lowest BCUT2D eigenvalue weighted by atomic mass is 9.92. The Bertz CT molecular complexity index is 231.